The lowest BCUT2D eigenvalue weighted by atomic mass is 10.0. The first-order valence-corrected chi connectivity index (χ1v) is 6.35. The van der Waals surface area contributed by atoms with Crippen molar-refractivity contribution in [3.63, 3.8) is 0 Å². The summed E-state index contributed by atoms with van der Waals surface area (Å²) >= 11 is 0. The SMILES string of the molecule is CCCNCCC(C)Cc1ncnn1CC. The van der Waals surface area contributed by atoms with Crippen LogP contribution in [0, 0.1) is 5.92 Å². The Kier molecular flexibility index (Phi) is 6.08. The van der Waals surface area contributed by atoms with Crippen LogP contribution in [-0.2, 0) is 13.0 Å². The fourth-order valence-electron chi connectivity index (χ4n) is 1.77. The van der Waals surface area contributed by atoms with Gasteiger partial charge in [-0.05, 0) is 38.8 Å². The van der Waals surface area contributed by atoms with E-state index < -0.39 is 0 Å². The summed E-state index contributed by atoms with van der Waals surface area (Å²) in [6.07, 6.45) is 5.09. The van der Waals surface area contributed by atoms with Crippen LogP contribution in [0.15, 0.2) is 6.33 Å². The van der Waals surface area contributed by atoms with E-state index in [1.54, 1.807) is 6.33 Å². The summed E-state index contributed by atoms with van der Waals surface area (Å²) in [4.78, 5) is 4.30. The standard InChI is InChI=1S/C12H24N4/c1-4-7-13-8-6-11(3)9-12-14-10-15-16(12)5-2/h10-11,13H,4-9H2,1-3H3. The highest BCUT2D eigenvalue weighted by molar-refractivity contribution is 4.86. The Morgan fingerprint density at radius 1 is 1.38 bits per heavy atom. The van der Waals surface area contributed by atoms with Gasteiger partial charge in [0.2, 0.25) is 0 Å². The van der Waals surface area contributed by atoms with Gasteiger partial charge < -0.3 is 5.32 Å². The average molecular weight is 224 g/mol. The van der Waals surface area contributed by atoms with Crippen LogP contribution >= 0.6 is 0 Å². The number of hydrogen-bond donors (Lipinski definition) is 1. The van der Waals surface area contributed by atoms with Gasteiger partial charge in [-0.25, -0.2) is 4.98 Å². The third kappa shape index (κ3) is 4.31. The molecule has 0 aromatic carbocycles. The first kappa shape index (κ1) is 13.2. The van der Waals surface area contributed by atoms with E-state index in [1.807, 2.05) is 4.68 Å². The van der Waals surface area contributed by atoms with Crippen molar-refractivity contribution >= 4 is 0 Å². The molecule has 1 unspecified atom stereocenters. The predicted molar refractivity (Wildman–Crippen MR) is 66.3 cm³/mol. The molecule has 0 amide bonds. The zero-order chi connectivity index (χ0) is 11.8. The second-order valence-corrected chi connectivity index (χ2v) is 4.34. The molecular formula is C12H24N4. The van der Waals surface area contributed by atoms with E-state index >= 15 is 0 Å². The highest BCUT2D eigenvalue weighted by atomic mass is 15.3. The number of rotatable bonds is 8. The minimum atomic E-state index is 0.666. The quantitative estimate of drug-likeness (QED) is 0.685. The second-order valence-electron chi connectivity index (χ2n) is 4.34. The minimum absolute atomic E-state index is 0.666. The minimum Gasteiger partial charge on any atom is -0.317 e. The maximum Gasteiger partial charge on any atom is 0.138 e. The van der Waals surface area contributed by atoms with E-state index in [0.29, 0.717) is 5.92 Å². The van der Waals surface area contributed by atoms with Crippen molar-refractivity contribution in [1.29, 1.82) is 0 Å². The molecule has 92 valence electrons. The molecule has 1 aromatic heterocycles. The molecule has 0 fully saturated rings. The van der Waals surface area contributed by atoms with Crippen LogP contribution in [0.1, 0.15) is 39.4 Å². The summed E-state index contributed by atoms with van der Waals surface area (Å²) in [5.41, 5.74) is 0. The van der Waals surface area contributed by atoms with Gasteiger partial charge in [-0.3, -0.25) is 4.68 Å². The number of hydrogen-bond acceptors (Lipinski definition) is 3. The summed E-state index contributed by atoms with van der Waals surface area (Å²) in [7, 11) is 0. The lowest BCUT2D eigenvalue weighted by molar-refractivity contribution is 0.471. The fourth-order valence-corrected chi connectivity index (χ4v) is 1.77. The summed E-state index contributed by atoms with van der Waals surface area (Å²) in [5, 5.41) is 7.62. The molecule has 1 heterocycles. The molecular weight excluding hydrogens is 200 g/mol. The summed E-state index contributed by atoms with van der Waals surface area (Å²) in [6.45, 7) is 9.72. The van der Waals surface area contributed by atoms with E-state index in [0.717, 1.165) is 31.9 Å². The van der Waals surface area contributed by atoms with Crippen molar-refractivity contribution in [2.45, 2.75) is 46.6 Å². The van der Waals surface area contributed by atoms with Gasteiger partial charge in [0.25, 0.3) is 0 Å². The Morgan fingerprint density at radius 3 is 2.88 bits per heavy atom. The van der Waals surface area contributed by atoms with Gasteiger partial charge >= 0.3 is 0 Å². The molecule has 0 spiro atoms. The Labute approximate surface area is 98.5 Å². The van der Waals surface area contributed by atoms with Crippen LogP contribution in [0.3, 0.4) is 0 Å². The molecule has 0 aliphatic heterocycles. The van der Waals surface area contributed by atoms with Crippen molar-refractivity contribution in [3.05, 3.63) is 12.2 Å². The van der Waals surface area contributed by atoms with E-state index in [9.17, 15) is 0 Å². The Bertz CT molecular complexity index is 282. The molecule has 1 aromatic rings. The van der Waals surface area contributed by atoms with Crippen molar-refractivity contribution in [2.75, 3.05) is 13.1 Å². The third-order valence-electron chi connectivity index (χ3n) is 2.77. The van der Waals surface area contributed by atoms with Crippen molar-refractivity contribution in [2.24, 2.45) is 5.92 Å². The largest absolute Gasteiger partial charge is 0.317 e. The highest BCUT2D eigenvalue weighted by Crippen LogP contribution is 2.08. The number of aryl methyl sites for hydroxylation is 1. The molecule has 0 saturated heterocycles. The average Bonchev–Trinajstić information content (AvgIpc) is 2.71. The molecule has 1 atom stereocenters. The van der Waals surface area contributed by atoms with Gasteiger partial charge in [0.15, 0.2) is 0 Å². The van der Waals surface area contributed by atoms with Gasteiger partial charge in [0, 0.05) is 13.0 Å². The third-order valence-corrected chi connectivity index (χ3v) is 2.77. The molecule has 4 heteroatoms. The van der Waals surface area contributed by atoms with Crippen LogP contribution in [0.2, 0.25) is 0 Å². The molecule has 0 bridgehead atoms. The van der Waals surface area contributed by atoms with E-state index in [-0.39, 0.29) is 0 Å². The van der Waals surface area contributed by atoms with Crippen LogP contribution < -0.4 is 5.32 Å². The fraction of sp³-hybridized carbons (Fsp3) is 0.833. The topological polar surface area (TPSA) is 42.7 Å². The first-order valence-electron chi connectivity index (χ1n) is 6.35. The van der Waals surface area contributed by atoms with Crippen molar-refractivity contribution in [1.82, 2.24) is 20.1 Å². The molecule has 16 heavy (non-hydrogen) atoms. The molecule has 0 saturated carbocycles. The van der Waals surface area contributed by atoms with Crippen LogP contribution in [-0.4, -0.2) is 27.9 Å². The predicted octanol–water partition coefficient (Wildman–Crippen LogP) is 1.87. The normalized spacial score (nSPS) is 12.9. The summed E-state index contributed by atoms with van der Waals surface area (Å²) < 4.78 is 1.98. The number of nitrogens with zero attached hydrogens (tertiary/aromatic N) is 3. The molecule has 0 aliphatic rings. The van der Waals surface area contributed by atoms with E-state index in [1.165, 1.54) is 12.8 Å². The molecule has 0 aliphatic carbocycles. The van der Waals surface area contributed by atoms with Gasteiger partial charge in [0.1, 0.15) is 12.2 Å². The Morgan fingerprint density at radius 2 is 2.19 bits per heavy atom. The second kappa shape index (κ2) is 7.39. The monoisotopic (exact) mass is 224 g/mol. The highest BCUT2D eigenvalue weighted by Gasteiger charge is 2.08. The van der Waals surface area contributed by atoms with Gasteiger partial charge in [0.05, 0.1) is 0 Å². The Balaban J connectivity index is 2.25. The maximum absolute atomic E-state index is 4.30. The van der Waals surface area contributed by atoms with Gasteiger partial charge in [-0.1, -0.05) is 13.8 Å². The Hall–Kier alpha value is -0.900. The zero-order valence-electron chi connectivity index (χ0n) is 10.7. The van der Waals surface area contributed by atoms with Gasteiger partial charge in [-0.15, -0.1) is 0 Å². The molecule has 4 nitrogen and oxygen atoms in total. The first-order chi connectivity index (χ1) is 7.77. The van der Waals surface area contributed by atoms with E-state index in [4.69, 9.17) is 0 Å². The number of aromatic nitrogens is 3. The smallest absolute Gasteiger partial charge is 0.138 e. The lowest BCUT2D eigenvalue weighted by Gasteiger charge is -2.11. The molecule has 1 rings (SSSR count). The van der Waals surface area contributed by atoms with Crippen LogP contribution in [0.5, 0.6) is 0 Å². The van der Waals surface area contributed by atoms with Crippen LogP contribution in [0.25, 0.3) is 0 Å². The molecule has 1 N–H and O–H groups in total. The van der Waals surface area contributed by atoms with Crippen molar-refractivity contribution in [3.8, 4) is 0 Å². The summed E-state index contributed by atoms with van der Waals surface area (Å²) in [5.74, 6) is 1.78. The molecule has 0 radical (unpaired) electrons. The maximum atomic E-state index is 4.30. The zero-order valence-corrected chi connectivity index (χ0v) is 10.7. The van der Waals surface area contributed by atoms with Crippen LogP contribution in [0.4, 0.5) is 0 Å². The van der Waals surface area contributed by atoms with Gasteiger partial charge in [-0.2, -0.15) is 5.10 Å². The van der Waals surface area contributed by atoms with Crippen molar-refractivity contribution < 1.29 is 0 Å². The lowest BCUT2D eigenvalue weighted by Crippen LogP contribution is -2.19. The number of nitrogens with one attached hydrogen (secondary N) is 1. The summed E-state index contributed by atoms with van der Waals surface area (Å²) in [6, 6.07) is 0. The van der Waals surface area contributed by atoms with E-state index in [2.05, 4.69) is 36.2 Å².